The molecule has 1 amide bonds. The van der Waals surface area contributed by atoms with Crippen molar-refractivity contribution in [2.45, 2.75) is 12.8 Å². The van der Waals surface area contributed by atoms with E-state index in [-0.39, 0.29) is 12.2 Å². The summed E-state index contributed by atoms with van der Waals surface area (Å²) in [4.78, 5) is 24.5. The van der Waals surface area contributed by atoms with Crippen LogP contribution in [0.4, 0.5) is 18.9 Å². The Morgan fingerprint density at radius 2 is 1.50 bits per heavy atom. The Bertz CT molecular complexity index is 1050. The van der Waals surface area contributed by atoms with E-state index < -0.39 is 31.3 Å². The molecule has 3 aromatic carbocycles. The van der Waals surface area contributed by atoms with Crippen molar-refractivity contribution < 1.29 is 32.2 Å². The zero-order valence-corrected chi connectivity index (χ0v) is 16.9. The summed E-state index contributed by atoms with van der Waals surface area (Å²) < 4.78 is 45.9. The van der Waals surface area contributed by atoms with Gasteiger partial charge in [0.05, 0.1) is 12.2 Å². The van der Waals surface area contributed by atoms with E-state index in [0.717, 1.165) is 11.1 Å². The van der Waals surface area contributed by atoms with Gasteiger partial charge in [0, 0.05) is 11.3 Å². The number of hydrogen-bond donors (Lipinski definition) is 1. The lowest BCUT2D eigenvalue weighted by molar-refractivity contribution is -0.176. The van der Waals surface area contributed by atoms with Gasteiger partial charge >= 0.3 is 12.1 Å². The molecule has 0 saturated carbocycles. The maximum Gasteiger partial charge on any atom is 0.411 e. The van der Waals surface area contributed by atoms with Crippen LogP contribution >= 0.6 is 0 Å². The summed E-state index contributed by atoms with van der Waals surface area (Å²) in [6.07, 6.45) is -4.40. The summed E-state index contributed by atoms with van der Waals surface area (Å²) in [7, 11) is 0. The minimum absolute atomic E-state index is 0.169. The predicted molar refractivity (Wildman–Crippen MR) is 113 cm³/mol. The number of esters is 1. The van der Waals surface area contributed by atoms with Crippen LogP contribution < -0.4 is 5.32 Å². The molecule has 0 fully saturated rings. The zero-order valence-electron chi connectivity index (χ0n) is 16.9. The lowest BCUT2D eigenvalue weighted by Crippen LogP contribution is -2.21. The largest absolute Gasteiger partial charge is 0.452 e. The van der Waals surface area contributed by atoms with Crippen molar-refractivity contribution >= 4 is 17.6 Å². The topological polar surface area (TPSA) is 64.6 Å². The van der Waals surface area contributed by atoms with Crippen molar-refractivity contribution in [2.24, 2.45) is 0 Å². The van der Waals surface area contributed by atoms with Gasteiger partial charge in [-0.25, -0.2) is 4.79 Å². The van der Waals surface area contributed by atoms with E-state index in [1.54, 1.807) is 12.1 Å². The third-order valence-corrected chi connectivity index (χ3v) is 4.34. The fraction of sp³-hybridized carbons (Fsp3) is 0.167. The molecule has 0 saturated heterocycles. The molecule has 0 aliphatic heterocycles. The third kappa shape index (κ3) is 6.95. The molecule has 1 N–H and O–H groups in total. The second kappa shape index (κ2) is 10.6. The van der Waals surface area contributed by atoms with E-state index in [9.17, 15) is 22.8 Å². The molecule has 3 rings (SSSR count). The molecule has 0 aliphatic carbocycles. The van der Waals surface area contributed by atoms with Crippen molar-refractivity contribution in [2.75, 3.05) is 18.5 Å². The molecule has 32 heavy (non-hydrogen) atoms. The van der Waals surface area contributed by atoms with E-state index in [2.05, 4.69) is 10.1 Å². The second-order valence-corrected chi connectivity index (χ2v) is 6.84. The molecule has 8 heteroatoms. The van der Waals surface area contributed by atoms with Gasteiger partial charge in [-0.2, -0.15) is 13.2 Å². The molecule has 0 heterocycles. The normalized spacial score (nSPS) is 11.1. The fourth-order valence-corrected chi connectivity index (χ4v) is 2.88. The van der Waals surface area contributed by atoms with Crippen molar-refractivity contribution in [3.05, 3.63) is 90.0 Å². The SMILES string of the molecule is O=C(COC(=O)c1ccc(COCC(F)(F)F)cc1)Nc1ccccc1-c1ccccc1. The highest BCUT2D eigenvalue weighted by Gasteiger charge is 2.27. The number of rotatable bonds is 8. The highest BCUT2D eigenvalue weighted by Crippen LogP contribution is 2.27. The molecule has 0 unspecified atom stereocenters. The number of carbonyl (C=O) groups is 2. The van der Waals surface area contributed by atoms with Gasteiger partial charge in [0.2, 0.25) is 0 Å². The lowest BCUT2D eigenvalue weighted by Gasteiger charge is -2.12. The van der Waals surface area contributed by atoms with Crippen molar-refractivity contribution in [1.29, 1.82) is 0 Å². The van der Waals surface area contributed by atoms with Gasteiger partial charge < -0.3 is 14.8 Å². The first-order valence-corrected chi connectivity index (χ1v) is 9.67. The summed E-state index contributed by atoms with van der Waals surface area (Å²) in [5.41, 5.74) is 2.99. The van der Waals surface area contributed by atoms with Gasteiger partial charge in [0.25, 0.3) is 5.91 Å². The van der Waals surface area contributed by atoms with E-state index in [0.29, 0.717) is 11.3 Å². The molecule has 166 valence electrons. The number of halogens is 3. The Kier molecular flexibility index (Phi) is 7.62. The van der Waals surface area contributed by atoms with Gasteiger partial charge in [-0.1, -0.05) is 60.7 Å². The number of carbonyl (C=O) groups excluding carboxylic acids is 2. The number of para-hydroxylation sites is 1. The first-order valence-electron chi connectivity index (χ1n) is 9.67. The quantitative estimate of drug-likeness (QED) is 0.485. The standard InChI is InChI=1S/C24H20F3NO4/c25-24(26,27)16-31-14-17-10-12-19(13-11-17)23(30)32-15-22(29)28-21-9-5-4-8-20(21)18-6-2-1-3-7-18/h1-13H,14-16H2,(H,28,29). The summed E-state index contributed by atoms with van der Waals surface area (Å²) in [5, 5.41) is 2.74. The van der Waals surface area contributed by atoms with Crippen LogP contribution in [-0.2, 0) is 20.9 Å². The van der Waals surface area contributed by atoms with Crippen LogP contribution in [0.5, 0.6) is 0 Å². The van der Waals surface area contributed by atoms with Gasteiger partial charge in [-0.3, -0.25) is 4.79 Å². The first-order chi connectivity index (χ1) is 15.3. The number of alkyl halides is 3. The van der Waals surface area contributed by atoms with E-state index in [4.69, 9.17) is 4.74 Å². The van der Waals surface area contributed by atoms with Crippen LogP contribution in [0.25, 0.3) is 11.1 Å². The summed E-state index contributed by atoms with van der Waals surface area (Å²) >= 11 is 0. The number of amides is 1. The van der Waals surface area contributed by atoms with Crippen LogP contribution in [0.3, 0.4) is 0 Å². The first kappa shape index (κ1) is 23.0. The monoisotopic (exact) mass is 443 g/mol. The zero-order chi connectivity index (χ0) is 23.0. The average Bonchev–Trinajstić information content (AvgIpc) is 2.78. The number of hydrogen-bond acceptors (Lipinski definition) is 4. The van der Waals surface area contributed by atoms with E-state index in [1.807, 2.05) is 42.5 Å². The number of ether oxygens (including phenoxy) is 2. The molecular weight excluding hydrogens is 423 g/mol. The van der Waals surface area contributed by atoms with Crippen molar-refractivity contribution in [1.82, 2.24) is 0 Å². The maximum atomic E-state index is 12.3. The third-order valence-electron chi connectivity index (χ3n) is 4.34. The molecule has 3 aromatic rings. The molecular formula is C24H20F3NO4. The number of anilines is 1. The fourth-order valence-electron chi connectivity index (χ4n) is 2.88. The van der Waals surface area contributed by atoms with E-state index >= 15 is 0 Å². The van der Waals surface area contributed by atoms with Crippen LogP contribution in [0.2, 0.25) is 0 Å². The van der Waals surface area contributed by atoms with Crippen LogP contribution in [0, 0.1) is 0 Å². The van der Waals surface area contributed by atoms with Crippen molar-refractivity contribution in [3.8, 4) is 11.1 Å². The van der Waals surface area contributed by atoms with Gasteiger partial charge in [0.1, 0.15) is 6.61 Å². The molecule has 0 bridgehead atoms. The highest BCUT2D eigenvalue weighted by atomic mass is 19.4. The molecule has 0 spiro atoms. The summed E-state index contributed by atoms with van der Waals surface area (Å²) in [6.45, 7) is -2.07. The second-order valence-electron chi connectivity index (χ2n) is 6.84. The van der Waals surface area contributed by atoms with Crippen LogP contribution in [0.1, 0.15) is 15.9 Å². The summed E-state index contributed by atoms with van der Waals surface area (Å²) in [5.74, 6) is -1.22. The van der Waals surface area contributed by atoms with Gasteiger partial charge in [0.15, 0.2) is 6.61 Å². The van der Waals surface area contributed by atoms with Crippen molar-refractivity contribution in [3.63, 3.8) is 0 Å². The Hall–Kier alpha value is -3.65. The smallest absolute Gasteiger partial charge is 0.411 e. The molecule has 0 atom stereocenters. The average molecular weight is 443 g/mol. The van der Waals surface area contributed by atoms with Gasteiger partial charge in [-0.05, 0) is 29.3 Å². The summed E-state index contributed by atoms with van der Waals surface area (Å²) in [6, 6.07) is 22.5. The molecule has 5 nitrogen and oxygen atoms in total. The maximum absolute atomic E-state index is 12.3. The Balaban J connectivity index is 1.52. The minimum Gasteiger partial charge on any atom is -0.452 e. The highest BCUT2D eigenvalue weighted by molar-refractivity contribution is 5.98. The van der Waals surface area contributed by atoms with E-state index in [1.165, 1.54) is 24.3 Å². The Morgan fingerprint density at radius 1 is 0.844 bits per heavy atom. The predicted octanol–water partition coefficient (Wildman–Crippen LogP) is 5.23. The number of nitrogens with one attached hydrogen (secondary N) is 1. The molecule has 0 aliphatic rings. The minimum atomic E-state index is -4.40. The number of benzene rings is 3. The Labute approximate surface area is 182 Å². The molecule has 0 radical (unpaired) electrons. The van der Waals surface area contributed by atoms with Crippen LogP contribution in [-0.4, -0.2) is 31.3 Å². The van der Waals surface area contributed by atoms with Crippen LogP contribution in [0.15, 0.2) is 78.9 Å². The molecule has 0 aromatic heterocycles. The lowest BCUT2D eigenvalue weighted by atomic mass is 10.0. The Morgan fingerprint density at radius 3 is 2.19 bits per heavy atom. The van der Waals surface area contributed by atoms with Gasteiger partial charge in [-0.15, -0.1) is 0 Å².